The van der Waals surface area contributed by atoms with Crippen LogP contribution >= 0.6 is 0 Å². The Labute approximate surface area is 123 Å². The summed E-state index contributed by atoms with van der Waals surface area (Å²) < 4.78 is 0. The van der Waals surface area contributed by atoms with E-state index in [9.17, 15) is 0 Å². The van der Waals surface area contributed by atoms with Gasteiger partial charge >= 0.3 is 0 Å². The van der Waals surface area contributed by atoms with Crippen molar-refractivity contribution in [1.29, 1.82) is 0 Å². The van der Waals surface area contributed by atoms with E-state index in [2.05, 4.69) is 75.3 Å². The molecule has 0 radical (unpaired) electrons. The first-order chi connectivity index (χ1) is 9.47. The molecule has 0 unspecified atom stereocenters. The highest BCUT2D eigenvalue weighted by atomic mass is 28.3. The van der Waals surface area contributed by atoms with Gasteiger partial charge in [-0.3, -0.25) is 0 Å². The van der Waals surface area contributed by atoms with Gasteiger partial charge in [0.15, 0.2) is 0 Å². The zero-order valence-corrected chi connectivity index (χ0v) is 13.6. The molecule has 2 aromatic rings. The van der Waals surface area contributed by atoms with E-state index in [1.807, 2.05) is 12.2 Å². The normalized spacial score (nSPS) is 11.2. The summed E-state index contributed by atoms with van der Waals surface area (Å²) in [5, 5.41) is 1.47. The summed E-state index contributed by atoms with van der Waals surface area (Å²) in [5.41, 5.74) is 4.84. The molecule has 0 spiro atoms. The molecule has 0 saturated carbocycles. The third-order valence-electron chi connectivity index (χ3n) is 3.61. The molecule has 0 aromatic heterocycles. The fourth-order valence-corrected chi connectivity index (χ4v) is 3.52. The monoisotopic (exact) mass is 278 g/mol. The molecule has 0 saturated heterocycles. The lowest BCUT2D eigenvalue weighted by molar-refractivity contribution is 1.57. The molecule has 0 nitrogen and oxygen atoms in total. The van der Waals surface area contributed by atoms with Crippen molar-refractivity contribution in [2.75, 3.05) is 0 Å². The van der Waals surface area contributed by atoms with Crippen LogP contribution in [0.25, 0.3) is 23.3 Å². The third-order valence-corrected chi connectivity index (χ3v) is 5.65. The Morgan fingerprint density at radius 3 is 2.00 bits per heavy atom. The van der Waals surface area contributed by atoms with E-state index in [0.717, 1.165) is 0 Å². The maximum Gasteiger partial charge on any atom is 0.0776 e. The van der Waals surface area contributed by atoms with Gasteiger partial charge in [0.25, 0.3) is 0 Å². The molecule has 1 heteroatoms. The number of rotatable bonds is 4. The van der Waals surface area contributed by atoms with Crippen LogP contribution in [0.3, 0.4) is 0 Å². The first-order valence-corrected chi connectivity index (χ1v) is 10.5. The minimum Gasteiger partial charge on any atom is -0.0984 e. The van der Waals surface area contributed by atoms with Crippen LogP contribution in [0.5, 0.6) is 0 Å². The first-order valence-electron chi connectivity index (χ1n) is 6.96. The fraction of sp³-hybridized carbons (Fsp3) is 0.158. The molecule has 2 rings (SSSR count). The lowest BCUT2D eigenvalue weighted by Crippen LogP contribution is -2.37. The summed E-state index contributed by atoms with van der Waals surface area (Å²) in [5.74, 6) is 0. The van der Waals surface area contributed by atoms with Crippen LogP contribution in [0, 0.1) is 0 Å². The van der Waals surface area contributed by atoms with Crippen molar-refractivity contribution < 1.29 is 0 Å². The van der Waals surface area contributed by atoms with Crippen molar-refractivity contribution in [2.45, 2.75) is 19.6 Å². The van der Waals surface area contributed by atoms with Crippen LogP contribution in [-0.2, 0) is 0 Å². The van der Waals surface area contributed by atoms with Crippen LogP contribution in [0.1, 0.15) is 11.1 Å². The van der Waals surface area contributed by atoms with E-state index >= 15 is 0 Å². The molecule has 0 aliphatic carbocycles. The number of hydrogen-bond acceptors (Lipinski definition) is 0. The average Bonchev–Trinajstić information content (AvgIpc) is 2.45. The van der Waals surface area contributed by atoms with E-state index in [4.69, 9.17) is 0 Å². The quantitative estimate of drug-likeness (QED) is 0.676. The summed E-state index contributed by atoms with van der Waals surface area (Å²) in [6, 6.07) is 15.2. The Hall–Kier alpha value is -1.86. The molecule has 0 bridgehead atoms. The maximum absolute atomic E-state index is 3.95. The van der Waals surface area contributed by atoms with Crippen molar-refractivity contribution in [3.63, 3.8) is 0 Å². The Morgan fingerprint density at radius 1 is 0.800 bits per heavy atom. The van der Waals surface area contributed by atoms with Crippen LogP contribution in [0.15, 0.2) is 55.6 Å². The molecule has 20 heavy (non-hydrogen) atoms. The first kappa shape index (κ1) is 14.5. The van der Waals surface area contributed by atoms with Gasteiger partial charge in [-0.05, 0) is 22.3 Å². The van der Waals surface area contributed by atoms with Crippen molar-refractivity contribution in [1.82, 2.24) is 0 Å². The van der Waals surface area contributed by atoms with E-state index in [0.29, 0.717) is 0 Å². The number of benzene rings is 2. The van der Waals surface area contributed by atoms with Gasteiger partial charge < -0.3 is 0 Å². The summed E-state index contributed by atoms with van der Waals surface area (Å²) >= 11 is 0. The molecular formula is C19H22Si. The molecule has 0 atom stereocenters. The Kier molecular flexibility index (Phi) is 4.10. The van der Waals surface area contributed by atoms with E-state index in [1.165, 1.54) is 27.4 Å². The van der Waals surface area contributed by atoms with Crippen molar-refractivity contribution >= 4 is 25.4 Å². The molecule has 0 N–H and O–H groups in total. The summed E-state index contributed by atoms with van der Waals surface area (Å²) in [6.45, 7) is 15.0. The van der Waals surface area contributed by atoms with Gasteiger partial charge in [0.1, 0.15) is 0 Å². The highest BCUT2D eigenvalue weighted by molar-refractivity contribution is 6.88. The Morgan fingerprint density at radius 2 is 1.40 bits per heavy atom. The predicted octanol–water partition coefficient (Wildman–Crippen LogP) is 5.18. The van der Waals surface area contributed by atoms with E-state index < -0.39 is 8.07 Å². The highest BCUT2D eigenvalue weighted by Crippen LogP contribution is 2.28. The highest BCUT2D eigenvalue weighted by Gasteiger charge is 2.18. The zero-order valence-electron chi connectivity index (χ0n) is 12.6. The van der Waals surface area contributed by atoms with Crippen molar-refractivity contribution in [3.05, 3.63) is 66.7 Å². The lowest BCUT2D eigenvalue weighted by Gasteiger charge is -2.19. The summed E-state index contributed by atoms with van der Waals surface area (Å²) in [7, 11) is -1.32. The summed E-state index contributed by atoms with van der Waals surface area (Å²) in [4.78, 5) is 0. The smallest absolute Gasteiger partial charge is 0.0776 e. The van der Waals surface area contributed by atoms with Gasteiger partial charge in [-0.25, -0.2) is 0 Å². The summed E-state index contributed by atoms with van der Waals surface area (Å²) in [6.07, 6.45) is 3.85. The molecule has 102 valence electrons. The Bertz CT molecular complexity index is 645. The zero-order chi connectivity index (χ0) is 14.8. The predicted molar refractivity (Wildman–Crippen MR) is 95.0 cm³/mol. The largest absolute Gasteiger partial charge is 0.0984 e. The van der Waals surface area contributed by atoms with Crippen molar-refractivity contribution in [2.24, 2.45) is 0 Å². The van der Waals surface area contributed by atoms with Crippen LogP contribution in [-0.4, -0.2) is 8.07 Å². The van der Waals surface area contributed by atoms with Gasteiger partial charge in [-0.15, -0.1) is 0 Å². The van der Waals surface area contributed by atoms with Crippen LogP contribution in [0.4, 0.5) is 0 Å². The SMILES string of the molecule is C=Cc1ccccc1-c1cc([Si](C)(C)C)ccc1C=C. The molecule has 0 amide bonds. The van der Waals surface area contributed by atoms with E-state index in [1.54, 1.807) is 0 Å². The molecule has 0 fully saturated rings. The minimum atomic E-state index is -1.32. The van der Waals surface area contributed by atoms with Crippen LogP contribution in [0.2, 0.25) is 19.6 Å². The lowest BCUT2D eigenvalue weighted by atomic mass is 9.95. The van der Waals surface area contributed by atoms with Gasteiger partial charge in [-0.1, -0.05) is 92.6 Å². The second kappa shape index (κ2) is 5.64. The fourth-order valence-electron chi connectivity index (χ4n) is 2.35. The molecular weight excluding hydrogens is 256 g/mol. The second-order valence-electron chi connectivity index (χ2n) is 6.05. The topological polar surface area (TPSA) is 0 Å². The van der Waals surface area contributed by atoms with Crippen molar-refractivity contribution in [3.8, 4) is 11.1 Å². The molecule has 0 aliphatic rings. The van der Waals surface area contributed by atoms with E-state index in [-0.39, 0.29) is 0 Å². The van der Waals surface area contributed by atoms with Gasteiger partial charge in [0.2, 0.25) is 0 Å². The van der Waals surface area contributed by atoms with Gasteiger partial charge in [-0.2, -0.15) is 0 Å². The second-order valence-corrected chi connectivity index (χ2v) is 11.1. The maximum atomic E-state index is 3.95. The van der Waals surface area contributed by atoms with Gasteiger partial charge in [0.05, 0.1) is 8.07 Å². The van der Waals surface area contributed by atoms with Gasteiger partial charge in [0, 0.05) is 0 Å². The standard InChI is InChI=1S/C19H22Si/c1-6-15-10-8-9-11-18(15)19-14-17(20(3,4)5)13-12-16(19)7-2/h6-14H,1-2H2,3-5H3. The average molecular weight is 278 g/mol. The Balaban J connectivity index is 2.71. The molecule has 2 aromatic carbocycles. The van der Waals surface area contributed by atoms with Crippen LogP contribution < -0.4 is 5.19 Å². The molecule has 0 aliphatic heterocycles. The third kappa shape index (κ3) is 2.83. The number of hydrogen-bond donors (Lipinski definition) is 0. The minimum absolute atomic E-state index is 1.17. The molecule has 0 heterocycles.